The minimum atomic E-state index is -1.07. The van der Waals surface area contributed by atoms with Crippen molar-refractivity contribution in [2.24, 2.45) is 0 Å². The fourth-order valence-electron chi connectivity index (χ4n) is 0.704. The largest absolute Gasteiger partial charge is 0.310 e. The molecule has 1 aliphatic heterocycles. The second-order valence-corrected chi connectivity index (χ2v) is 2.14. The van der Waals surface area contributed by atoms with E-state index in [1.54, 1.807) is 0 Å². The fraction of sp³-hybridized carbons (Fsp3) is 0.667. The van der Waals surface area contributed by atoms with Gasteiger partial charge in [0, 0.05) is 19.5 Å². The molecule has 1 heterocycles. The van der Waals surface area contributed by atoms with Gasteiger partial charge >= 0.3 is 0 Å². The average molecular weight is 113 g/mol. The van der Waals surface area contributed by atoms with E-state index in [0.717, 1.165) is 0 Å². The maximum absolute atomic E-state index is 12.7. The lowest BCUT2D eigenvalue weighted by atomic mass is 9.96. The summed E-state index contributed by atoms with van der Waals surface area (Å²) < 4.78 is 12.7. The molecule has 0 radical (unpaired) electrons. The number of nitrogens with one attached hydrogen (secondary N) is 1. The summed E-state index contributed by atoms with van der Waals surface area (Å²) in [6, 6.07) is 0. The van der Waals surface area contributed by atoms with Gasteiger partial charge in [-0.3, -0.25) is 0 Å². The van der Waals surface area contributed by atoms with Gasteiger partial charge in [0.15, 0.2) is 0 Å². The minimum Gasteiger partial charge on any atom is -0.310 e. The van der Waals surface area contributed by atoms with E-state index in [0.29, 0.717) is 13.1 Å². The Labute approximate surface area is 48.3 Å². The SMILES string of the molecule is C#CCC1(F)CNC1. The van der Waals surface area contributed by atoms with Gasteiger partial charge in [-0.05, 0) is 0 Å². The molecule has 0 spiro atoms. The Kier molecular flexibility index (Phi) is 1.22. The summed E-state index contributed by atoms with van der Waals surface area (Å²) >= 11 is 0. The Hall–Kier alpha value is -0.550. The molecule has 0 unspecified atom stereocenters. The normalized spacial score (nSPS) is 23.5. The van der Waals surface area contributed by atoms with Crippen LogP contribution in [0.1, 0.15) is 6.42 Å². The molecule has 1 aliphatic rings. The van der Waals surface area contributed by atoms with Crippen LogP contribution in [0.15, 0.2) is 0 Å². The van der Waals surface area contributed by atoms with Crippen molar-refractivity contribution in [1.82, 2.24) is 5.32 Å². The van der Waals surface area contributed by atoms with Crippen LogP contribution in [0, 0.1) is 12.3 Å². The van der Waals surface area contributed by atoms with Crippen molar-refractivity contribution in [3.05, 3.63) is 0 Å². The summed E-state index contributed by atoms with van der Waals surface area (Å²) in [6.45, 7) is 0.856. The number of terminal acetylenes is 1. The highest BCUT2D eigenvalue weighted by molar-refractivity contribution is 5.02. The number of alkyl halides is 1. The first kappa shape index (κ1) is 5.58. The van der Waals surface area contributed by atoms with Crippen LogP contribution in [-0.4, -0.2) is 18.8 Å². The average Bonchev–Trinajstić information content (AvgIpc) is 1.64. The van der Waals surface area contributed by atoms with E-state index in [-0.39, 0.29) is 6.42 Å². The van der Waals surface area contributed by atoms with E-state index in [4.69, 9.17) is 6.42 Å². The Morgan fingerprint density at radius 2 is 2.38 bits per heavy atom. The van der Waals surface area contributed by atoms with Crippen molar-refractivity contribution in [2.75, 3.05) is 13.1 Å². The molecule has 0 aromatic carbocycles. The molecule has 1 N–H and O–H groups in total. The maximum Gasteiger partial charge on any atom is 0.146 e. The first-order valence-corrected chi connectivity index (χ1v) is 2.60. The van der Waals surface area contributed by atoms with Crippen molar-refractivity contribution in [3.63, 3.8) is 0 Å². The highest BCUT2D eigenvalue weighted by Crippen LogP contribution is 2.19. The quantitative estimate of drug-likeness (QED) is 0.483. The van der Waals surface area contributed by atoms with Gasteiger partial charge in [0.1, 0.15) is 5.67 Å². The molecule has 0 aromatic heterocycles. The van der Waals surface area contributed by atoms with E-state index >= 15 is 0 Å². The van der Waals surface area contributed by atoms with Gasteiger partial charge in [-0.2, -0.15) is 0 Å². The third kappa shape index (κ3) is 0.823. The van der Waals surface area contributed by atoms with E-state index in [9.17, 15) is 4.39 Å². The van der Waals surface area contributed by atoms with E-state index in [1.807, 2.05) is 0 Å². The fourth-order valence-corrected chi connectivity index (χ4v) is 0.704. The zero-order chi connectivity index (χ0) is 6.04. The molecule has 0 atom stereocenters. The van der Waals surface area contributed by atoms with Crippen LogP contribution in [0.2, 0.25) is 0 Å². The van der Waals surface area contributed by atoms with Crippen molar-refractivity contribution >= 4 is 0 Å². The van der Waals surface area contributed by atoms with Crippen molar-refractivity contribution < 1.29 is 4.39 Å². The minimum absolute atomic E-state index is 0.250. The third-order valence-corrected chi connectivity index (χ3v) is 1.30. The van der Waals surface area contributed by atoms with Crippen molar-refractivity contribution in [2.45, 2.75) is 12.1 Å². The lowest BCUT2D eigenvalue weighted by molar-refractivity contribution is 0.0969. The molecule has 1 nitrogen and oxygen atoms in total. The van der Waals surface area contributed by atoms with Gasteiger partial charge in [0.05, 0.1) is 0 Å². The number of hydrogen-bond acceptors (Lipinski definition) is 1. The summed E-state index contributed by atoms with van der Waals surface area (Å²) in [5.74, 6) is 2.30. The van der Waals surface area contributed by atoms with Crippen molar-refractivity contribution in [1.29, 1.82) is 0 Å². The first-order valence-electron chi connectivity index (χ1n) is 2.60. The van der Waals surface area contributed by atoms with E-state index in [2.05, 4.69) is 11.2 Å². The van der Waals surface area contributed by atoms with Gasteiger partial charge in [-0.1, -0.05) is 0 Å². The monoisotopic (exact) mass is 113 g/mol. The number of rotatable bonds is 1. The molecule has 2 heteroatoms. The van der Waals surface area contributed by atoms with Crippen LogP contribution >= 0.6 is 0 Å². The molecule has 0 bridgehead atoms. The van der Waals surface area contributed by atoms with Crippen LogP contribution in [0.4, 0.5) is 4.39 Å². The zero-order valence-electron chi connectivity index (χ0n) is 4.58. The Morgan fingerprint density at radius 3 is 2.50 bits per heavy atom. The van der Waals surface area contributed by atoms with Crippen LogP contribution in [0.25, 0.3) is 0 Å². The predicted octanol–water partition coefficient (Wildman–Crippen LogP) is 0.321. The molecule has 0 aliphatic carbocycles. The van der Waals surface area contributed by atoms with Gasteiger partial charge < -0.3 is 5.32 Å². The molecule has 1 saturated heterocycles. The van der Waals surface area contributed by atoms with Crippen molar-refractivity contribution in [3.8, 4) is 12.3 Å². The molecular formula is C6H8FN. The van der Waals surface area contributed by atoms with E-state index < -0.39 is 5.67 Å². The highest BCUT2D eigenvalue weighted by Gasteiger charge is 2.35. The van der Waals surface area contributed by atoms with Crippen LogP contribution in [-0.2, 0) is 0 Å². The molecule has 0 amide bonds. The van der Waals surface area contributed by atoms with Crippen LogP contribution in [0.5, 0.6) is 0 Å². The topological polar surface area (TPSA) is 12.0 Å². The Balaban J connectivity index is 2.33. The lowest BCUT2D eigenvalue weighted by Crippen LogP contribution is -2.55. The van der Waals surface area contributed by atoms with Gasteiger partial charge in [0.25, 0.3) is 0 Å². The standard InChI is InChI=1S/C6H8FN/c1-2-3-6(7)4-8-5-6/h1,8H,3-5H2. The second-order valence-electron chi connectivity index (χ2n) is 2.14. The van der Waals surface area contributed by atoms with Crippen LogP contribution < -0.4 is 5.32 Å². The molecule has 8 heavy (non-hydrogen) atoms. The van der Waals surface area contributed by atoms with Gasteiger partial charge in [0.2, 0.25) is 0 Å². The maximum atomic E-state index is 12.7. The molecular weight excluding hydrogens is 105 g/mol. The highest BCUT2D eigenvalue weighted by atomic mass is 19.1. The van der Waals surface area contributed by atoms with E-state index in [1.165, 1.54) is 0 Å². The smallest absolute Gasteiger partial charge is 0.146 e. The summed E-state index contributed by atoms with van der Waals surface area (Å²) in [5.41, 5.74) is -1.07. The first-order chi connectivity index (χ1) is 3.77. The summed E-state index contributed by atoms with van der Waals surface area (Å²) in [5, 5.41) is 2.82. The molecule has 0 saturated carbocycles. The lowest BCUT2D eigenvalue weighted by Gasteiger charge is -2.33. The number of halogens is 1. The Morgan fingerprint density at radius 1 is 1.75 bits per heavy atom. The van der Waals surface area contributed by atoms with Crippen LogP contribution in [0.3, 0.4) is 0 Å². The third-order valence-electron chi connectivity index (χ3n) is 1.30. The predicted molar refractivity (Wildman–Crippen MR) is 30.2 cm³/mol. The summed E-state index contributed by atoms with van der Waals surface area (Å²) in [4.78, 5) is 0. The second kappa shape index (κ2) is 1.75. The summed E-state index contributed by atoms with van der Waals surface area (Å²) in [7, 11) is 0. The molecule has 1 fully saturated rings. The molecule has 1 rings (SSSR count). The molecule has 44 valence electrons. The summed E-state index contributed by atoms with van der Waals surface area (Å²) in [6.07, 6.45) is 5.16. The Bertz CT molecular complexity index is 121. The zero-order valence-corrected chi connectivity index (χ0v) is 4.58. The number of hydrogen-bond donors (Lipinski definition) is 1. The van der Waals surface area contributed by atoms with Gasteiger partial charge in [-0.25, -0.2) is 4.39 Å². The van der Waals surface area contributed by atoms with Gasteiger partial charge in [-0.15, -0.1) is 12.3 Å². The molecule has 0 aromatic rings.